The van der Waals surface area contributed by atoms with E-state index < -0.39 is 0 Å². The molecule has 1 aliphatic rings. The maximum absolute atomic E-state index is 12.2. The van der Waals surface area contributed by atoms with Gasteiger partial charge < -0.3 is 4.74 Å². The van der Waals surface area contributed by atoms with Crippen molar-refractivity contribution in [3.8, 4) is 0 Å². The average Bonchev–Trinajstić information content (AvgIpc) is 2.77. The molecule has 2 rings (SSSR count). The maximum atomic E-state index is 12.2. The normalized spacial score (nSPS) is 18.6. The lowest BCUT2D eigenvalue weighted by Gasteiger charge is -2.32. The summed E-state index contributed by atoms with van der Waals surface area (Å²) in [6, 6.07) is -0.113. The van der Waals surface area contributed by atoms with Crippen LogP contribution in [-0.2, 0) is 9.53 Å². The molecule has 1 aliphatic heterocycles. The molecule has 100 valence electrons. The highest BCUT2D eigenvalue weighted by atomic mass is 32.1. The summed E-state index contributed by atoms with van der Waals surface area (Å²) in [5.41, 5.74) is 0. The summed E-state index contributed by atoms with van der Waals surface area (Å²) in [5, 5.41) is 12.1. The molecule has 1 N–H and O–H groups in total. The molecule has 1 atom stereocenters. The van der Waals surface area contributed by atoms with Crippen LogP contribution in [0.25, 0.3) is 0 Å². The fraction of sp³-hybridized carbons (Fsp3) is 0.727. The number of carbonyl (C=O) groups excluding carboxylic acids is 1. The molecule has 1 aromatic heterocycles. The Balaban J connectivity index is 1.96. The number of rotatable bonds is 4. The zero-order valence-electron chi connectivity index (χ0n) is 10.7. The van der Waals surface area contributed by atoms with Gasteiger partial charge in [0.05, 0.1) is 19.3 Å². The molecule has 18 heavy (non-hydrogen) atoms. The molecular formula is C11H18N4O2S. The molecule has 1 unspecified atom stereocenters. The van der Waals surface area contributed by atoms with E-state index in [0.29, 0.717) is 18.3 Å². The first-order valence-corrected chi connectivity index (χ1v) is 6.95. The summed E-state index contributed by atoms with van der Waals surface area (Å²) in [7, 11) is 0. The van der Waals surface area contributed by atoms with Crippen LogP contribution < -0.4 is 5.32 Å². The van der Waals surface area contributed by atoms with E-state index in [1.54, 1.807) is 0 Å². The summed E-state index contributed by atoms with van der Waals surface area (Å²) in [6.45, 7) is 6.89. The van der Waals surface area contributed by atoms with Crippen molar-refractivity contribution in [2.45, 2.75) is 26.3 Å². The summed E-state index contributed by atoms with van der Waals surface area (Å²) in [5.74, 6) is -0.00412. The number of morpholine rings is 1. The molecule has 0 bridgehead atoms. The molecule has 0 saturated carbocycles. The molecule has 7 heteroatoms. The van der Waals surface area contributed by atoms with Crippen molar-refractivity contribution in [3.63, 3.8) is 0 Å². The van der Waals surface area contributed by atoms with Gasteiger partial charge in [0.25, 0.3) is 0 Å². The number of hydrogen-bond donors (Lipinski definition) is 1. The van der Waals surface area contributed by atoms with Gasteiger partial charge in [-0.05, 0) is 13.3 Å². The largest absolute Gasteiger partial charge is 0.379 e. The van der Waals surface area contributed by atoms with Crippen LogP contribution >= 0.6 is 11.3 Å². The highest BCUT2D eigenvalue weighted by Gasteiger charge is 2.26. The van der Waals surface area contributed by atoms with Gasteiger partial charge in [-0.3, -0.25) is 15.0 Å². The van der Waals surface area contributed by atoms with Crippen molar-refractivity contribution in [1.29, 1.82) is 0 Å². The van der Waals surface area contributed by atoms with E-state index in [1.165, 1.54) is 11.3 Å². The Morgan fingerprint density at radius 1 is 1.50 bits per heavy atom. The van der Waals surface area contributed by atoms with Gasteiger partial charge in [0.1, 0.15) is 5.01 Å². The fourth-order valence-corrected chi connectivity index (χ4v) is 2.63. The quantitative estimate of drug-likeness (QED) is 0.880. The van der Waals surface area contributed by atoms with Crippen molar-refractivity contribution in [3.05, 3.63) is 5.01 Å². The molecule has 0 aromatic carbocycles. The average molecular weight is 270 g/mol. The molecule has 0 spiro atoms. The van der Waals surface area contributed by atoms with Crippen LogP contribution in [0.1, 0.15) is 18.4 Å². The molecule has 1 fully saturated rings. The Kier molecular flexibility index (Phi) is 4.62. The third kappa shape index (κ3) is 3.24. The number of nitrogens with one attached hydrogen (secondary N) is 1. The highest BCUT2D eigenvalue weighted by molar-refractivity contribution is 7.15. The number of aromatic nitrogens is 2. The molecule has 1 amide bonds. The summed E-state index contributed by atoms with van der Waals surface area (Å²) in [4.78, 5) is 14.4. The highest BCUT2D eigenvalue weighted by Crippen LogP contribution is 2.16. The lowest BCUT2D eigenvalue weighted by molar-refractivity contribution is -0.123. The van der Waals surface area contributed by atoms with Crippen LogP contribution in [0, 0.1) is 6.92 Å². The van der Waals surface area contributed by atoms with E-state index in [1.807, 2.05) is 13.8 Å². The van der Waals surface area contributed by atoms with Crippen LogP contribution in [-0.4, -0.2) is 53.3 Å². The molecule has 0 radical (unpaired) electrons. The second-order valence-electron chi connectivity index (χ2n) is 4.19. The number of hydrogen-bond acceptors (Lipinski definition) is 6. The number of nitrogens with zero attached hydrogens (tertiary/aromatic N) is 3. The van der Waals surface area contributed by atoms with Crippen LogP contribution in [0.5, 0.6) is 0 Å². The van der Waals surface area contributed by atoms with Crippen LogP contribution in [0.4, 0.5) is 5.13 Å². The lowest BCUT2D eigenvalue weighted by Crippen LogP contribution is -2.48. The number of amides is 1. The molecular weight excluding hydrogens is 252 g/mol. The van der Waals surface area contributed by atoms with Gasteiger partial charge in [0, 0.05) is 13.1 Å². The molecule has 1 saturated heterocycles. The Hall–Kier alpha value is -1.05. The zero-order valence-corrected chi connectivity index (χ0v) is 11.5. The van der Waals surface area contributed by atoms with Crippen LogP contribution in [0.3, 0.4) is 0 Å². The van der Waals surface area contributed by atoms with Crippen LogP contribution in [0.15, 0.2) is 0 Å². The van der Waals surface area contributed by atoms with E-state index in [9.17, 15) is 4.79 Å². The Bertz CT molecular complexity index is 404. The van der Waals surface area contributed by atoms with Crippen molar-refractivity contribution in [1.82, 2.24) is 15.1 Å². The van der Waals surface area contributed by atoms with Crippen molar-refractivity contribution >= 4 is 22.4 Å². The first kappa shape index (κ1) is 13.4. The third-order valence-electron chi connectivity index (χ3n) is 2.93. The summed E-state index contributed by atoms with van der Waals surface area (Å²) >= 11 is 1.39. The van der Waals surface area contributed by atoms with Gasteiger partial charge in [-0.25, -0.2) is 0 Å². The molecule has 2 heterocycles. The van der Waals surface area contributed by atoms with Gasteiger partial charge in [0.2, 0.25) is 11.0 Å². The van der Waals surface area contributed by atoms with Gasteiger partial charge in [0.15, 0.2) is 0 Å². The minimum Gasteiger partial charge on any atom is -0.379 e. The maximum Gasteiger partial charge on any atom is 0.243 e. The van der Waals surface area contributed by atoms with E-state index >= 15 is 0 Å². The first-order chi connectivity index (χ1) is 8.70. The Morgan fingerprint density at radius 3 is 2.78 bits per heavy atom. The van der Waals surface area contributed by atoms with Crippen molar-refractivity contribution < 1.29 is 9.53 Å². The molecule has 6 nitrogen and oxygen atoms in total. The summed E-state index contributed by atoms with van der Waals surface area (Å²) < 4.78 is 5.30. The van der Waals surface area contributed by atoms with Gasteiger partial charge >= 0.3 is 0 Å². The van der Waals surface area contributed by atoms with Crippen LogP contribution in [0.2, 0.25) is 0 Å². The molecule has 0 aliphatic carbocycles. The van der Waals surface area contributed by atoms with E-state index in [0.717, 1.165) is 24.5 Å². The van der Waals surface area contributed by atoms with Gasteiger partial charge in [-0.2, -0.15) is 0 Å². The predicted octanol–water partition coefficient (Wildman–Crippen LogP) is 0.896. The first-order valence-electron chi connectivity index (χ1n) is 6.13. The van der Waals surface area contributed by atoms with Gasteiger partial charge in [-0.1, -0.05) is 18.3 Å². The van der Waals surface area contributed by atoms with E-state index in [2.05, 4.69) is 20.4 Å². The van der Waals surface area contributed by atoms with Crippen molar-refractivity contribution in [2.75, 3.05) is 31.6 Å². The number of aryl methyl sites for hydroxylation is 1. The number of anilines is 1. The minimum atomic E-state index is -0.113. The number of carbonyl (C=O) groups is 1. The van der Waals surface area contributed by atoms with E-state index in [4.69, 9.17) is 4.74 Å². The zero-order chi connectivity index (χ0) is 13.0. The van der Waals surface area contributed by atoms with Gasteiger partial charge in [-0.15, -0.1) is 10.2 Å². The second-order valence-corrected chi connectivity index (χ2v) is 5.37. The molecule has 1 aromatic rings. The number of ether oxygens (including phenoxy) is 1. The Morgan fingerprint density at radius 2 is 2.22 bits per heavy atom. The standard InChI is InChI=1S/C11H18N4O2S/c1-3-9(15-4-6-17-7-5-15)10(16)12-11-14-13-8(2)18-11/h9H,3-7H2,1-2H3,(H,12,14,16). The fourth-order valence-electron chi connectivity index (χ4n) is 2.03. The monoisotopic (exact) mass is 270 g/mol. The predicted molar refractivity (Wildman–Crippen MR) is 69.7 cm³/mol. The topological polar surface area (TPSA) is 67.4 Å². The minimum absolute atomic E-state index is 0.00412. The smallest absolute Gasteiger partial charge is 0.243 e. The summed E-state index contributed by atoms with van der Waals surface area (Å²) in [6.07, 6.45) is 0.781. The SMILES string of the molecule is CCC(C(=O)Nc1nnc(C)s1)N1CCOCC1. The lowest BCUT2D eigenvalue weighted by atomic mass is 10.1. The van der Waals surface area contributed by atoms with Crippen molar-refractivity contribution in [2.24, 2.45) is 0 Å². The second kappa shape index (κ2) is 6.21. The third-order valence-corrected chi connectivity index (χ3v) is 3.69. The van der Waals surface area contributed by atoms with E-state index in [-0.39, 0.29) is 11.9 Å². The Labute approximate surface area is 110 Å².